The van der Waals surface area contributed by atoms with Crippen molar-refractivity contribution in [3.05, 3.63) is 29.3 Å². The average Bonchev–Trinajstić information content (AvgIpc) is 3.12. The van der Waals surface area contributed by atoms with Crippen LogP contribution in [0, 0.1) is 0 Å². The summed E-state index contributed by atoms with van der Waals surface area (Å²) < 4.78 is 1.02. The van der Waals surface area contributed by atoms with Gasteiger partial charge in [0.05, 0.1) is 16.3 Å². The van der Waals surface area contributed by atoms with Crippen LogP contribution >= 0.6 is 11.3 Å². The maximum Gasteiger partial charge on any atom is 0.334 e. The first-order valence-electron chi connectivity index (χ1n) is 7.56. The van der Waals surface area contributed by atoms with E-state index in [1.807, 2.05) is 31.2 Å². The van der Waals surface area contributed by atoms with E-state index in [9.17, 15) is 19.2 Å². The molecule has 0 unspecified atom stereocenters. The molecule has 8 nitrogen and oxygen atoms in total. The molecule has 130 valence electrons. The summed E-state index contributed by atoms with van der Waals surface area (Å²) in [5.74, 6) is -2.36. The summed E-state index contributed by atoms with van der Waals surface area (Å²) >= 11 is 1.48. The third kappa shape index (κ3) is 2.86. The van der Waals surface area contributed by atoms with E-state index in [4.69, 9.17) is 0 Å². The molecule has 1 aromatic carbocycles. The van der Waals surface area contributed by atoms with Crippen LogP contribution in [0.3, 0.4) is 0 Å². The van der Waals surface area contributed by atoms with E-state index >= 15 is 0 Å². The van der Waals surface area contributed by atoms with Gasteiger partial charge in [-0.25, -0.2) is 14.7 Å². The van der Waals surface area contributed by atoms with Crippen molar-refractivity contribution in [1.82, 2.24) is 19.7 Å². The van der Waals surface area contributed by atoms with Crippen LogP contribution < -0.4 is 0 Å². The molecule has 2 aromatic rings. The van der Waals surface area contributed by atoms with Gasteiger partial charge in [-0.05, 0) is 19.1 Å². The lowest BCUT2D eigenvalue weighted by atomic mass is 10.3. The number of hydrogen-bond acceptors (Lipinski definition) is 6. The second-order valence-corrected chi connectivity index (χ2v) is 6.80. The highest BCUT2D eigenvalue weighted by molar-refractivity contribution is 7.18. The zero-order valence-corrected chi connectivity index (χ0v) is 14.7. The van der Waals surface area contributed by atoms with E-state index in [0.717, 1.165) is 15.2 Å². The van der Waals surface area contributed by atoms with Crippen molar-refractivity contribution >= 4 is 45.3 Å². The Kier molecular flexibility index (Phi) is 4.25. The van der Waals surface area contributed by atoms with Crippen molar-refractivity contribution < 1.29 is 19.2 Å². The molecular formula is C16H16N4O4S. The molecule has 1 saturated heterocycles. The molecule has 25 heavy (non-hydrogen) atoms. The van der Waals surface area contributed by atoms with Gasteiger partial charge < -0.3 is 4.90 Å². The second-order valence-electron chi connectivity index (χ2n) is 5.74. The molecule has 0 N–H and O–H groups in total. The number of carbonyl (C=O) groups is 4. The standard InChI is InChI=1S/C16H16N4O4S/c1-9(13-17-10-6-4-5-7-11(10)25-13)18(2)12(21)8-20-15(23)14(22)19(3)16(20)24/h4-7,9H,8H2,1-3H3/t9-/m0/s1. The first kappa shape index (κ1) is 17.0. The fraction of sp³-hybridized carbons (Fsp3) is 0.312. The lowest BCUT2D eigenvalue weighted by molar-refractivity contribution is -0.144. The molecular weight excluding hydrogens is 344 g/mol. The molecule has 0 aliphatic carbocycles. The minimum Gasteiger partial charge on any atom is -0.335 e. The van der Waals surface area contributed by atoms with Crippen LogP contribution in [0.25, 0.3) is 10.2 Å². The van der Waals surface area contributed by atoms with Gasteiger partial charge in [-0.1, -0.05) is 12.1 Å². The number of fused-ring (bicyclic) bond motifs is 1. The Balaban J connectivity index is 1.74. The Bertz CT molecular complexity index is 860. The zero-order chi connectivity index (χ0) is 18.3. The summed E-state index contributed by atoms with van der Waals surface area (Å²) in [6.07, 6.45) is 0. The van der Waals surface area contributed by atoms with Gasteiger partial charge >= 0.3 is 17.8 Å². The normalized spacial score (nSPS) is 16.0. The maximum atomic E-state index is 12.5. The number of likely N-dealkylation sites (N-methyl/N-ethyl adjacent to an activating group) is 2. The molecule has 1 aliphatic heterocycles. The smallest absolute Gasteiger partial charge is 0.334 e. The van der Waals surface area contributed by atoms with E-state index in [-0.39, 0.29) is 6.04 Å². The molecule has 9 heteroatoms. The summed E-state index contributed by atoms with van der Waals surface area (Å²) in [6.45, 7) is 1.35. The van der Waals surface area contributed by atoms with Crippen molar-refractivity contribution in [3.8, 4) is 0 Å². The van der Waals surface area contributed by atoms with Crippen molar-refractivity contribution in [3.63, 3.8) is 0 Å². The molecule has 1 fully saturated rings. The highest BCUT2D eigenvalue weighted by atomic mass is 32.1. The monoisotopic (exact) mass is 360 g/mol. The lowest BCUT2D eigenvalue weighted by Gasteiger charge is -2.24. The SMILES string of the molecule is C[C@@H](c1nc2ccccc2s1)N(C)C(=O)CN1C(=O)C(=O)N(C)C1=O. The predicted molar refractivity (Wildman–Crippen MR) is 90.7 cm³/mol. The number of hydrogen-bond donors (Lipinski definition) is 0. The minimum absolute atomic E-state index is 0.328. The van der Waals surface area contributed by atoms with Gasteiger partial charge in [-0.3, -0.25) is 19.3 Å². The first-order chi connectivity index (χ1) is 11.8. The van der Waals surface area contributed by atoms with Crippen LogP contribution in [0.5, 0.6) is 0 Å². The highest BCUT2D eigenvalue weighted by Gasteiger charge is 2.43. The van der Waals surface area contributed by atoms with E-state index in [2.05, 4.69) is 4.98 Å². The van der Waals surface area contributed by atoms with Crippen LogP contribution in [0.15, 0.2) is 24.3 Å². The van der Waals surface area contributed by atoms with Crippen molar-refractivity contribution in [2.45, 2.75) is 13.0 Å². The summed E-state index contributed by atoms with van der Waals surface area (Å²) in [5, 5.41) is 0.754. The molecule has 2 heterocycles. The van der Waals surface area contributed by atoms with Gasteiger partial charge in [0.1, 0.15) is 11.6 Å². The Morgan fingerprint density at radius 2 is 1.92 bits per heavy atom. The number of aromatic nitrogens is 1. The number of benzene rings is 1. The van der Waals surface area contributed by atoms with Crippen molar-refractivity contribution in [1.29, 1.82) is 0 Å². The number of amides is 5. The molecule has 1 aromatic heterocycles. The number of imide groups is 2. The number of para-hydroxylation sites is 1. The fourth-order valence-corrected chi connectivity index (χ4v) is 3.51. The molecule has 1 aliphatic rings. The second kappa shape index (κ2) is 6.25. The van der Waals surface area contributed by atoms with Crippen LogP contribution in [-0.2, 0) is 14.4 Å². The number of carbonyl (C=O) groups excluding carboxylic acids is 4. The van der Waals surface area contributed by atoms with Gasteiger partial charge in [0.25, 0.3) is 0 Å². The van der Waals surface area contributed by atoms with Crippen LogP contribution in [0.4, 0.5) is 4.79 Å². The lowest BCUT2D eigenvalue weighted by Crippen LogP contribution is -2.42. The molecule has 3 rings (SSSR count). The van der Waals surface area contributed by atoms with Gasteiger partial charge in [-0.2, -0.15) is 0 Å². The highest BCUT2D eigenvalue weighted by Crippen LogP contribution is 2.29. The van der Waals surface area contributed by atoms with Crippen molar-refractivity contribution in [2.75, 3.05) is 20.6 Å². The van der Waals surface area contributed by atoms with Gasteiger partial charge in [0.15, 0.2) is 0 Å². The summed E-state index contributed by atoms with van der Waals surface area (Å²) in [5.41, 5.74) is 0.854. The van der Waals surface area contributed by atoms with E-state index in [1.54, 1.807) is 7.05 Å². The number of urea groups is 1. The number of thiazole rings is 1. The van der Waals surface area contributed by atoms with Gasteiger partial charge in [0.2, 0.25) is 5.91 Å². The van der Waals surface area contributed by atoms with Crippen LogP contribution in [-0.4, -0.2) is 64.1 Å². The van der Waals surface area contributed by atoms with Crippen molar-refractivity contribution in [2.24, 2.45) is 0 Å². The largest absolute Gasteiger partial charge is 0.335 e. The molecule has 0 saturated carbocycles. The van der Waals surface area contributed by atoms with E-state index in [0.29, 0.717) is 9.80 Å². The third-order valence-electron chi connectivity index (χ3n) is 4.19. The third-order valence-corrected chi connectivity index (χ3v) is 5.39. The van der Waals surface area contributed by atoms with Crippen LogP contribution in [0.1, 0.15) is 18.0 Å². The fourth-order valence-electron chi connectivity index (χ4n) is 2.45. The molecule has 0 radical (unpaired) electrons. The molecule has 1 atom stereocenters. The van der Waals surface area contributed by atoms with Gasteiger partial charge in [-0.15, -0.1) is 11.3 Å². The predicted octanol–water partition coefficient (Wildman–Crippen LogP) is 1.24. The van der Waals surface area contributed by atoms with Crippen LogP contribution in [0.2, 0.25) is 0 Å². The topological polar surface area (TPSA) is 90.9 Å². The Morgan fingerprint density at radius 1 is 1.24 bits per heavy atom. The molecule has 0 bridgehead atoms. The molecule has 5 amide bonds. The Labute approximate surface area is 147 Å². The van der Waals surface area contributed by atoms with Gasteiger partial charge in [0, 0.05) is 14.1 Å². The average molecular weight is 360 g/mol. The maximum absolute atomic E-state index is 12.5. The number of nitrogens with zero attached hydrogens (tertiary/aromatic N) is 4. The van der Waals surface area contributed by atoms with E-state index in [1.165, 1.54) is 23.3 Å². The summed E-state index contributed by atoms with van der Waals surface area (Å²) in [6, 6.07) is 6.54. The molecule has 0 spiro atoms. The minimum atomic E-state index is -0.984. The zero-order valence-electron chi connectivity index (χ0n) is 13.9. The quantitative estimate of drug-likeness (QED) is 0.604. The van der Waals surface area contributed by atoms with E-state index < -0.39 is 30.3 Å². The summed E-state index contributed by atoms with van der Waals surface area (Å²) in [4.78, 5) is 54.9. The number of rotatable bonds is 4. The first-order valence-corrected chi connectivity index (χ1v) is 8.37. The Morgan fingerprint density at radius 3 is 2.52 bits per heavy atom. The Hall–Kier alpha value is -2.81. The summed E-state index contributed by atoms with van der Waals surface area (Å²) in [7, 11) is 2.79.